The molecule has 1 saturated heterocycles. The third-order valence-corrected chi connectivity index (χ3v) is 4.62. The number of halogens is 3. The van der Waals surface area contributed by atoms with Gasteiger partial charge in [-0.05, 0) is 18.1 Å². The van der Waals surface area contributed by atoms with Gasteiger partial charge in [-0.15, -0.1) is 0 Å². The Balaban J connectivity index is 1.91. The molecule has 0 bridgehead atoms. The Morgan fingerprint density at radius 3 is 2.59 bits per heavy atom. The fourth-order valence-electron chi connectivity index (χ4n) is 3.56. The van der Waals surface area contributed by atoms with E-state index >= 15 is 0 Å². The van der Waals surface area contributed by atoms with E-state index in [2.05, 4.69) is 10.9 Å². The average molecular weight is 315 g/mol. The van der Waals surface area contributed by atoms with E-state index in [9.17, 15) is 23.3 Å². The van der Waals surface area contributed by atoms with Crippen molar-refractivity contribution >= 4 is 0 Å². The first-order chi connectivity index (χ1) is 10.4. The van der Waals surface area contributed by atoms with Crippen molar-refractivity contribution < 1.29 is 18.1 Å². The summed E-state index contributed by atoms with van der Waals surface area (Å²) in [5.74, 6) is -0.215. The number of rotatable bonds is 2. The zero-order chi connectivity index (χ0) is 15.9. The first-order valence-corrected chi connectivity index (χ1v) is 7.18. The van der Waals surface area contributed by atoms with E-state index in [0.29, 0.717) is 12.8 Å². The van der Waals surface area contributed by atoms with Crippen LogP contribution in [0.5, 0.6) is 0 Å². The van der Waals surface area contributed by atoms with E-state index in [-0.39, 0.29) is 28.9 Å². The normalized spacial score (nSPS) is 31.8. The van der Waals surface area contributed by atoms with Gasteiger partial charge >= 0.3 is 6.18 Å². The second kappa shape index (κ2) is 5.51. The monoisotopic (exact) mass is 315 g/mol. The molecular formula is C14H16F3N3O2. The van der Waals surface area contributed by atoms with Crippen molar-refractivity contribution in [3.63, 3.8) is 0 Å². The van der Waals surface area contributed by atoms with E-state index in [1.54, 1.807) is 6.07 Å². The second-order valence-electron chi connectivity index (χ2n) is 5.87. The van der Waals surface area contributed by atoms with Gasteiger partial charge in [-0.1, -0.05) is 18.2 Å². The van der Waals surface area contributed by atoms with Crippen LogP contribution < -0.4 is 10.9 Å². The average Bonchev–Trinajstić information content (AvgIpc) is 2.89. The van der Waals surface area contributed by atoms with Gasteiger partial charge in [0.05, 0.1) is 11.6 Å². The number of hydrogen-bond acceptors (Lipinski definition) is 4. The van der Waals surface area contributed by atoms with Gasteiger partial charge in [-0.2, -0.15) is 13.2 Å². The van der Waals surface area contributed by atoms with Crippen LogP contribution in [-0.4, -0.2) is 17.0 Å². The van der Waals surface area contributed by atoms with Crippen LogP contribution in [0, 0.1) is 16.0 Å². The molecule has 2 N–H and O–H groups in total. The molecule has 22 heavy (non-hydrogen) atoms. The highest BCUT2D eigenvalue weighted by Crippen LogP contribution is 2.42. The van der Waals surface area contributed by atoms with Crippen molar-refractivity contribution in [3.8, 4) is 0 Å². The number of hydrazine groups is 1. The number of nitrogens with one attached hydrogen (secondary N) is 2. The summed E-state index contributed by atoms with van der Waals surface area (Å²) in [5.41, 5.74) is 5.39. The molecule has 1 aromatic carbocycles. The molecule has 1 saturated carbocycles. The fraction of sp³-hybridized carbons (Fsp3) is 0.571. The maximum absolute atomic E-state index is 13.2. The van der Waals surface area contributed by atoms with E-state index in [1.165, 1.54) is 12.1 Å². The first-order valence-electron chi connectivity index (χ1n) is 7.18. The SMILES string of the molecule is O=[N+]([O-])C1CCC2NNC(c3ccccc3C(F)(F)F)C2C1. The van der Waals surface area contributed by atoms with Gasteiger partial charge in [0.2, 0.25) is 6.04 Å². The van der Waals surface area contributed by atoms with Gasteiger partial charge in [-0.3, -0.25) is 15.5 Å². The molecule has 0 aromatic heterocycles. The summed E-state index contributed by atoms with van der Waals surface area (Å²) in [6.07, 6.45) is -3.10. The van der Waals surface area contributed by atoms with Crippen LogP contribution in [-0.2, 0) is 6.18 Å². The Bertz CT molecular complexity index is 579. The molecule has 8 heteroatoms. The molecule has 0 amide bonds. The van der Waals surface area contributed by atoms with Crippen molar-refractivity contribution in [2.24, 2.45) is 5.92 Å². The Morgan fingerprint density at radius 1 is 1.18 bits per heavy atom. The van der Waals surface area contributed by atoms with Gasteiger partial charge in [0.1, 0.15) is 0 Å². The summed E-state index contributed by atoms with van der Waals surface area (Å²) in [5, 5.41) is 11.0. The topological polar surface area (TPSA) is 67.2 Å². The zero-order valence-corrected chi connectivity index (χ0v) is 11.6. The Labute approximate surface area is 125 Å². The number of nitro groups is 1. The van der Waals surface area contributed by atoms with E-state index in [0.717, 1.165) is 6.07 Å². The minimum absolute atomic E-state index is 0.0255. The minimum Gasteiger partial charge on any atom is -0.264 e. The quantitative estimate of drug-likeness (QED) is 0.650. The molecule has 4 atom stereocenters. The fourth-order valence-corrected chi connectivity index (χ4v) is 3.56. The van der Waals surface area contributed by atoms with Gasteiger partial charge in [-0.25, -0.2) is 5.43 Å². The minimum atomic E-state index is -4.44. The molecule has 4 unspecified atom stereocenters. The van der Waals surface area contributed by atoms with Crippen LogP contribution in [0.4, 0.5) is 13.2 Å². The lowest BCUT2D eigenvalue weighted by Crippen LogP contribution is -2.39. The molecule has 0 spiro atoms. The molecule has 2 aliphatic rings. The van der Waals surface area contributed by atoms with Crippen molar-refractivity contribution in [2.45, 2.75) is 43.6 Å². The second-order valence-corrected chi connectivity index (χ2v) is 5.87. The van der Waals surface area contributed by atoms with E-state index < -0.39 is 23.8 Å². The highest BCUT2D eigenvalue weighted by molar-refractivity contribution is 5.34. The maximum atomic E-state index is 13.2. The number of nitrogens with zero attached hydrogens (tertiary/aromatic N) is 1. The standard InChI is InChI=1S/C14H16F3N3O2/c15-14(16,17)11-4-2-1-3-9(11)13-10-7-8(20(21)22)5-6-12(10)18-19-13/h1-4,8,10,12-13,18-19H,5-7H2. The first kappa shape index (κ1) is 15.2. The Kier molecular flexibility index (Phi) is 3.82. The Morgan fingerprint density at radius 2 is 1.91 bits per heavy atom. The lowest BCUT2D eigenvalue weighted by molar-refractivity contribution is -0.528. The van der Waals surface area contributed by atoms with Crippen molar-refractivity contribution in [1.29, 1.82) is 0 Å². The van der Waals surface area contributed by atoms with Gasteiger partial charge in [0.15, 0.2) is 0 Å². The van der Waals surface area contributed by atoms with Gasteiger partial charge in [0.25, 0.3) is 0 Å². The molecule has 5 nitrogen and oxygen atoms in total. The lowest BCUT2D eigenvalue weighted by atomic mass is 9.76. The van der Waals surface area contributed by atoms with Crippen LogP contribution in [0.15, 0.2) is 24.3 Å². The van der Waals surface area contributed by atoms with E-state index in [4.69, 9.17) is 0 Å². The highest BCUT2D eigenvalue weighted by Gasteiger charge is 2.46. The number of fused-ring (bicyclic) bond motifs is 1. The Hall–Kier alpha value is -1.67. The van der Waals surface area contributed by atoms with Crippen molar-refractivity contribution in [2.75, 3.05) is 0 Å². The molecule has 1 heterocycles. The van der Waals surface area contributed by atoms with Crippen LogP contribution in [0.2, 0.25) is 0 Å². The van der Waals surface area contributed by atoms with Crippen LogP contribution >= 0.6 is 0 Å². The zero-order valence-electron chi connectivity index (χ0n) is 11.6. The summed E-state index contributed by atoms with van der Waals surface area (Å²) in [6.45, 7) is 0. The molecule has 1 aromatic rings. The maximum Gasteiger partial charge on any atom is 0.416 e. The highest BCUT2D eigenvalue weighted by atomic mass is 19.4. The van der Waals surface area contributed by atoms with Gasteiger partial charge in [0, 0.05) is 29.7 Å². The summed E-state index contributed by atoms with van der Waals surface area (Å²) < 4.78 is 39.5. The van der Waals surface area contributed by atoms with Crippen LogP contribution in [0.3, 0.4) is 0 Å². The molecule has 2 fully saturated rings. The molecule has 3 rings (SSSR count). The molecule has 1 aliphatic carbocycles. The van der Waals surface area contributed by atoms with Crippen molar-refractivity contribution in [1.82, 2.24) is 10.9 Å². The number of alkyl halides is 3. The van der Waals surface area contributed by atoms with E-state index in [1.807, 2.05) is 0 Å². The number of benzene rings is 1. The lowest BCUT2D eigenvalue weighted by Gasteiger charge is -2.30. The summed E-state index contributed by atoms with van der Waals surface area (Å²) in [4.78, 5) is 10.7. The van der Waals surface area contributed by atoms with Crippen LogP contribution in [0.1, 0.15) is 36.4 Å². The molecule has 0 radical (unpaired) electrons. The summed E-state index contributed by atoms with van der Waals surface area (Å²) in [6, 6.07) is 4.15. The third-order valence-electron chi connectivity index (χ3n) is 4.62. The van der Waals surface area contributed by atoms with Gasteiger partial charge < -0.3 is 0 Å². The molecule has 1 aliphatic heterocycles. The predicted molar refractivity (Wildman–Crippen MR) is 72.4 cm³/mol. The summed E-state index contributed by atoms with van der Waals surface area (Å²) >= 11 is 0. The van der Waals surface area contributed by atoms with Crippen LogP contribution in [0.25, 0.3) is 0 Å². The predicted octanol–water partition coefficient (Wildman–Crippen LogP) is 2.67. The largest absolute Gasteiger partial charge is 0.416 e. The third kappa shape index (κ3) is 2.68. The molecular weight excluding hydrogens is 299 g/mol. The summed E-state index contributed by atoms with van der Waals surface area (Å²) in [7, 11) is 0. The smallest absolute Gasteiger partial charge is 0.264 e. The molecule has 120 valence electrons. The number of hydrogen-bond donors (Lipinski definition) is 2. The van der Waals surface area contributed by atoms with Crippen molar-refractivity contribution in [3.05, 3.63) is 45.5 Å².